The zero-order valence-corrected chi connectivity index (χ0v) is 18.2. The number of nitrogens with one attached hydrogen (secondary N) is 1. The normalized spacial score (nSPS) is 12.1. The molecule has 3 aromatic rings. The van der Waals surface area contributed by atoms with E-state index in [1.54, 1.807) is 7.11 Å². The summed E-state index contributed by atoms with van der Waals surface area (Å²) in [5.41, 5.74) is 1.53. The molecular weight excluding hydrogens is 416 g/mol. The molecule has 2 aromatic carbocycles. The molecule has 1 atom stereocenters. The number of carbonyl (C=O) groups excluding carboxylic acids is 1. The minimum Gasteiger partial charge on any atom is -0.497 e. The van der Waals surface area contributed by atoms with Crippen molar-refractivity contribution >= 4 is 22.7 Å². The van der Waals surface area contributed by atoms with Crippen molar-refractivity contribution in [3.8, 4) is 5.75 Å². The van der Waals surface area contributed by atoms with Gasteiger partial charge in [0.1, 0.15) is 5.75 Å². The maximum Gasteiger partial charge on any atom is 0.419 e. The summed E-state index contributed by atoms with van der Waals surface area (Å²) < 4.78 is 11.7. The van der Waals surface area contributed by atoms with Crippen LogP contribution in [0.5, 0.6) is 5.75 Å². The summed E-state index contributed by atoms with van der Waals surface area (Å²) in [6.07, 6.45) is 0.654. The lowest BCUT2D eigenvalue weighted by Gasteiger charge is -2.25. The number of non-ortho nitro benzene ring substituents is 1. The molecule has 0 radical (unpaired) electrons. The molecule has 0 bridgehead atoms. The van der Waals surface area contributed by atoms with Crippen LogP contribution in [0.25, 0.3) is 11.1 Å². The fraction of sp³-hybridized carbons (Fsp3) is 0.364. The van der Waals surface area contributed by atoms with E-state index in [1.807, 2.05) is 43.3 Å². The molecule has 32 heavy (non-hydrogen) atoms. The number of nitrogens with zero attached hydrogens (tertiary/aromatic N) is 3. The van der Waals surface area contributed by atoms with Gasteiger partial charge in [0.05, 0.1) is 29.7 Å². The Balaban J connectivity index is 1.56. The minimum absolute atomic E-state index is 0.00100. The van der Waals surface area contributed by atoms with E-state index >= 15 is 0 Å². The van der Waals surface area contributed by atoms with Crippen LogP contribution < -0.4 is 15.8 Å². The van der Waals surface area contributed by atoms with Gasteiger partial charge < -0.3 is 19.4 Å². The molecule has 0 spiro atoms. The molecule has 0 saturated carbocycles. The third-order valence-electron chi connectivity index (χ3n) is 5.26. The van der Waals surface area contributed by atoms with Gasteiger partial charge in [0.2, 0.25) is 5.91 Å². The summed E-state index contributed by atoms with van der Waals surface area (Å²) in [5.74, 6) is 0.0434. The van der Waals surface area contributed by atoms with Crippen molar-refractivity contribution in [2.45, 2.75) is 25.4 Å². The topological polar surface area (TPSA) is 120 Å². The number of nitro benzene ring substituents is 1. The van der Waals surface area contributed by atoms with Crippen molar-refractivity contribution in [1.82, 2.24) is 14.8 Å². The number of nitro groups is 1. The summed E-state index contributed by atoms with van der Waals surface area (Å²) in [7, 11) is 5.51. The van der Waals surface area contributed by atoms with Crippen LogP contribution in [0.15, 0.2) is 51.7 Å². The van der Waals surface area contributed by atoms with Gasteiger partial charge in [0.15, 0.2) is 5.58 Å². The van der Waals surface area contributed by atoms with Crippen LogP contribution >= 0.6 is 0 Å². The highest BCUT2D eigenvalue weighted by Gasteiger charge is 2.17. The maximum absolute atomic E-state index is 12.4. The number of carbonyl (C=O) groups is 1. The molecule has 1 amide bonds. The van der Waals surface area contributed by atoms with Crippen molar-refractivity contribution in [1.29, 1.82) is 0 Å². The molecule has 1 unspecified atom stereocenters. The number of amides is 1. The number of hydrogen-bond acceptors (Lipinski definition) is 7. The first-order chi connectivity index (χ1) is 15.3. The predicted octanol–water partition coefficient (Wildman–Crippen LogP) is 2.71. The van der Waals surface area contributed by atoms with E-state index in [1.165, 1.54) is 22.8 Å². The van der Waals surface area contributed by atoms with Gasteiger partial charge in [0, 0.05) is 25.6 Å². The monoisotopic (exact) mass is 442 g/mol. The highest BCUT2D eigenvalue weighted by Crippen LogP contribution is 2.22. The van der Waals surface area contributed by atoms with Gasteiger partial charge in [-0.05, 0) is 44.3 Å². The molecule has 1 N–H and O–H groups in total. The van der Waals surface area contributed by atoms with E-state index in [-0.39, 0.29) is 36.2 Å². The van der Waals surface area contributed by atoms with Gasteiger partial charge in [-0.25, -0.2) is 4.79 Å². The summed E-state index contributed by atoms with van der Waals surface area (Å²) >= 11 is 0. The number of aryl methyl sites for hydroxylation is 1. The molecule has 10 heteroatoms. The molecule has 1 aromatic heterocycles. The maximum atomic E-state index is 12.4. The van der Waals surface area contributed by atoms with E-state index in [0.29, 0.717) is 18.5 Å². The Hall–Kier alpha value is -3.66. The van der Waals surface area contributed by atoms with E-state index in [9.17, 15) is 19.7 Å². The highest BCUT2D eigenvalue weighted by atomic mass is 16.6. The van der Waals surface area contributed by atoms with Gasteiger partial charge in [-0.1, -0.05) is 12.1 Å². The largest absolute Gasteiger partial charge is 0.497 e. The van der Waals surface area contributed by atoms with Crippen molar-refractivity contribution in [3.63, 3.8) is 0 Å². The average Bonchev–Trinajstić information content (AvgIpc) is 3.08. The van der Waals surface area contributed by atoms with Crippen LogP contribution in [-0.4, -0.2) is 48.0 Å². The Morgan fingerprint density at radius 3 is 2.59 bits per heavy atom. The number of rotatable bonds is 10. The van der Waals surface area contributed by atoms with E-state index in [4.69, 9.17) is 9.15 Å². The lowest BCUT2D eigenvalue weighted by atomic mass is 10.1. The zero-order chi connectivity index (χ0) is 23.3. The lowest BCUT2D eigenvalue weighted by molar-refractivity contribution is -0.384. The average molecular weight is 442 g/mol. The van der Waals surface area contributed by atoms with Gasteiger partial charge in [-0.15, -0.1) is 0 Å². The fourth-order valence-corrected chi connectivity index (χ4v) is 3.50. The Kier molecular flexibility index (Phi) is 7.26. The highest BCUT2D eigenvalue weighted by molar-refractivity contribution is 5.76. The molecule has 0 saturated heterocycles. The third kappa shape index (κ3) is 5.33. The van der Waals surface area contributed by atoms with Gasteiger partial charge in [-0.3, -0.25) is 19.5 Å². The van der Waals surface area contributed by atoms with E-state index < -0.39 is 10.7 Å². The molecule has 0 fully saturated rings. The SMILES string of the molecule is COc1ccc(C(CNC(=O)CCCn2c(=O)oc3cc([N+](=O)[O-])ccc32)N(C)C)cc1. The van der Waals surface area contributed by atoms with Crippen molar-refractivity contribution in [3.05, 3.63) is 68.7 Å². The summed E-state index contributed by atoms with van der Waals surface area (Å²) in [6, 6.07) is 11.7. The summed E-state index contributed by atoms with van der Waals surface area (Å²) in [5, 5.41) is 13.8. The summed E-state index contributed by atoms with van der Waals surface area (Å²) in [6.45, 7) is 0.711. The molecule has 1 heterocycles. The van der Waals surface area contributed by atoms with Crippen LogP contribution in [0.3, 0.4) is 0 Å². The van der Waals surface area contributed by atoms with Gasteiger partial charge in [-0.2, -0.15) is 0 Å². The second-order valence-corrected chi connectivity index (χ2v) is 7.59. The standard InChI is InChI=1S/C22H26N4O6/c1-24(2)19(15-6-9-17(31-3)10-7-15)14-23-21(27)5-4-12-25-18-11-8-16(26(29)30)13-20(18)32-22(25)28/h6-11,13,19H,4-5,12,14H2,1-3H3,(H,23,27). The Morgan fingerprint density at radius 2 is 1.97 bits per heavy atom. The third-order valence-corrected chi connectivity index (χ3v) is 5.26. The van der Waals surface area contributed by atoms with Crippen molar-refractivity contribution in [2.24, 2.45) is 0 Å². The molecular formula is C22H26N4O6. The fourth-order valence-electron chi connectivity index (χ4n) is 3.50. The molecule has 0 aliphatic carbocycles. The number of likely N-dealkylation sites (N-methyl/N-ethyl adjacent to an activating group) is 1. The van der Waals surface area contributed by atoms with E-state index in [0.717, 1.165) is 11.3 Å². The smallest absolute Gasteiger partial charge is 0.419 e. The second-order valence-electron chi connectivity index (χ2n) is 7.59. The van der Waals surface area contributed by atoms with Crippen LogP contribution in [0.4, 0.5) is 5.69 Å². The van der Waals surface area contributed by atoms with Crippen LogP contribution in [0.1, 0.15) is 24.4 Å². The Morgan fingerprint density at radius 1 is 1.25 bits per heavy atom. The van der Waals surface area contributed by atoms with Gasteiger partial charge >= 0.3 is 5.76 Å². The molecule has 3 rings (SSSR count). The quantitative estimate of drug-likeness (QED) is 0.379. The Bertz CT molecular complexity index is 1150. The van der Waals surface area contributed by atoms with Crippen LogP contribution in [0, 0.1) is 10.1 Å². The number of aromatic nitrogens is 1. The van der Waals surface area contributed by atoms with E-state index in [2.05, 4.69) is 5.32 Å². The van der Waals surface area contributed by atoms with Crippen LogP contribution in [-0.2, 0) is 11.3 Å². The number of fused-ring (bicyclic) bond motifs is 1. The molecule has 0 aliphatic heterocycles. The first kappa shape index (κ1) is 23.0. The van der Waals surface area contributed by atoms with Crippen molar-refractivity contribution < 1.29 is 18.9 Å². The first-order valence-electron chi connectivity index (χ1n) is 10.1. The molecule has 0 aliphatic rings. The molecule has 10 nitrogen and oxygen atoms in total. The zero-order valence-electron chi connectivity index (χ0n) is 18.2. The number of hydrogen-bond donors (Lipinski definition) is 1. The van der Waals surface area contributed by atoms with Crippen LogP contribution in [0.2, 0.25) is 0 Å². The predicted molar refractivity (Wildman–Crippen MR) is 119 cm³/mol. The summed E-state index contributed by atoms with van der Waals surface area (Å²) in [4.78, 5) is 36.8. The second kappa shape index (κ2) is 10.1. The minimum atomic E-state index is -0.604. The molecule has 170 valence electrons. The number of benzene rings is 2. The van der Waals surface area contributed by atoms with Gasteiger partial charge in [0.25, 0.3) is 5.69 Å². The number of methoxy groups -OCH3 is 1. The Labute approximate surface area is 184 Å². The number of ether oxygens (including phenoxy) is 1. The lowest BCUT2D eigenvalue weighted by Crippen LogP contribution is -2.34. The first-order valence-corrected chi connectivity index (χ1v) is 10.1. The number of oxazole rings is 1. The van der Waals surface area contributed by atoms with Crippen molar-refractivity contribution in [2.75, 3.05) is 27.7 Å².